The zero-order valence-corrected chi connectivity index (χ0v) is 13.9. The minimum atomic E-state index is 1.07. The summed E-state index contributed by atoms with van der Waals surface area (Å²) >= 11 is 3.86. The highest BCUT2D eigenvalue weighted by Gasteiger charge is 2.24. The maximum absolute atomic E-state index is 2.40. The van der Waals surface area contributed by atoms with Crippen LogP contribution in [0.15, 0.2) is 60.0 Å². The summed E-state index contributed by atoms with van der Waals surface area (Å²) in [5, 5.41) is 8.05. The van der Waals surface area contributed by atoms with Gasteiger partial charge < -0.3 is 0 Å². The van der Waals surface area contributed by atoms with Crippen molar-refractivity contribution in [1.29, 1.82) is 0 Å². The second-order valence-corrected chi connectivity index (χ2v) is 8.12. The van der Waals surface area contributed by atoms with Gasteiger partial charge in [0.15, 0.2) is 0 Å². The first-order chi connectivity index (χ1) is 11.4. The Morgan fingerprint density at radius 1 is 0.870 bits per heavy atom. The van der Waals surface area contributed by atoms with Crippen LogP contribution in [0.5, 0.6) is 0 Å². The molecule has 1 aliphatic rings. The Bertz CT molecular complexity index is 1240. The molecule has 0 saturated heterocycles. The Labute approximate surface area is 141 Å². The van der Waals surface area contributed by atoms with E-state index in [4.69, 9.17) is 0 Å². The van der Waals surface area contributed by atoms with Crippen LogP contribution in [0, 0.1) is 0 Å². The average molecular weight is 328 g/mol. The lowest BCUT2D eigenvalue weighted by Crippen LogP contribution is -1.95. The first kappa shape index (κ1) is 12.3. The van der Waals surface area contributed by atoms with Crippen LogP contribution in [0.2, 0.25) is 0 Å². The number of thiophene rings is 2. The topological polar surface area (TPSA) is 0 Å². The van der Waals surface area contributed by atoms with E-state index in [1.54, 1.807) is 0 Å². The molecule has 0 nitrogen and oxygen atoms in total. The molecule has 0 aliphatic heterocycles. The van der Waals surface area contributed by atoms with Crippen molar-refractivity contribution >= 4 is 53.6 Å². The summed E-state index contributed by atoms with van der Waals surface area (Å²) < 4.78 is 2.86. The minimum absolute atomic E-state index is 1.07. The molecule has 0 fully saturated rings. The Hall–Kier alpha value is -2.16. The van der Waals surface area contributed by atoms with Gasteiger partial charge in [0.05, 0.1) is 0 Å². The molecule has 0 saturated carbocycles. The number of benzene rings is 3. The Kier molecular flexibility index (Phi) is 2.26. The van der Waals surface area contributed by atoms with E-state index in [1.807, 2.05) is 22.7 Å². The molecule has 6 rings (SSSR count). The van der Waals surface area contributed by atoms with E-state index in [1.165, 1.54) is 52.5 Å². The van der Waals surface area contributed by atoms with Gasteiger partial charge in [-0.1, -0.05) is 42.5 Å². The first-order valence-corrected chi connectivity index (χ1v) is 9.52. The van der Waals surface area contributed by atoms with Gasteiger partial charge in [-0.2, -0.15) is 0 Å². The summed E-state index contributed by atoms with van der Waals surface area (Å²) in [4.78, 5) is 1.48. The lowest BCUT2D eigenvalue weighted by Gasteiger charge is -2.15. The van der Waals surface area contributed by atoms with E-state index in [2.05, 4.69) is 60.0 Å². The highest BCUT2D eigenvalue weighted by atomic mass is 32.1. The lowest BCUT2D eigenvalue weighted by molar-refractivity contribution is 1.25. The van der Waals surface area contributed by atoms with Crippen LogP contribution in [0.1, 0.15) is 11.1 Å². The van der Waals surface area contributed by atoms with Crippen LogP contribution in [-0.2, 0) is 6.42 Å². The van der Waals surface area contributed by atoms with Crippen LogP contribution in [0.25, 0.3) is 41.4 Å². The van der Waals surface area contributed by atoms with Crippen molar-refractivity contribution in [2.45, 2.75) is 6.42 Å². The fraction of sp³-hybridized carbons (Fsp3) is 0.0476. The molecule has 0 spiro atoms. The highest BCUT2D eigenvalue weighted by Crippen LogP contribution is 2.50. The summed E-state index contributed by atoms with van der Waals surface area (Å²) in [6.07, 6.45) is 1.07. The summed E-state index contributed by atoms with van der Waals surface area (Å²) in [7, 11) is 0. The Balaban J connectivity index is 1.85. The summed E-state index contributed by atoms with van der Waals surface area (Å²) in [5.41, 5.74) is 4.47. The quantitative estimate of drug-likeness (QED) is 0.286. The average Bonchev–Trinajstić information content (AvgIpc) is 3.18. The van der Waals surface area contributed by atoms with Gasteiger partial charge >= 0.3 is 0 Å². The van der Waals surface area contributed by atoms with Gasteiger partial charge in [-0.05, 0) is 44.8 Å². The molecule has 0 unspecified atom stereocenters. The molecule has 2 heteroatoms. The van der Waals surface area contributed by atoms with Gasteiger partial charge in [0, 0.05) is 31.6 Å². The summed E-state index contributed by atoms with van der Waals surface area (Å²) in [6, 6.07) is 20.0. The zero-order valence-electron chi connectivity index (χ0n) is 12.3. The number of hydrogen-bond donors (Lipinski definition) is 0. The molecule has 0 N–H and O–H groups in total. The normalized spacial score (nSPS) is 13.0. The van der Waals surface area contributed by atoms with Gasteiger partial charge in [0.2, 0.25) is 0 Å². The third-order valence-corrected chi connectivity index (χ3v) is 7.26. The van der Waals surface area contributed by atoms with Crippen molar-refractivity contribution in [2.24, 2.45) is 0 Å². The molecule has 0 radical (unpaired) electrons. The van der Waals surface area contributed by atoms with Crippen molar-refractivity contribution < 1.29 is 0 Å². The van der Waals surface area contributed by atoms with E-state index >= 15 is 0 Å². The van der Waals surface area contributed by atoms with Crippen molar-refractivity contribution in [3.05, 3.63) is 71.1 Å². The van der Waals surface area contributed by atoms with Gasteiger partial charge in [-0.25, -0.2) is 0 Å². The third-order valence-electron chi connectivity index (χ3n) is 4.95. The van der Waals surface area contributed by atoms with Crippen molar-refractivity contribution in [1.82, 2.24) is 0 Å². The van der Waals surface area contributed by atoms with Gasteiger partial charge in [-0.3, -0.25) is 0 Å². The maximum atomic E-state index is 2.40. The molecule has 0 bridgehead atoms. The molecular weight excluding hydrogens is 316 g/mol. The van der Waals surface area contributed by atoms with Crippen LogP contribution in [-0.4, -0.2) is 0 Å². The predicted molar refractivity (Wildman–Crippen MR) is 103 cm³/mol. The molecule has 108 valence electrons. The minimum Gasteiger partial charge on any atom is -0.143 e. The van der Waals surface area contributed by atoms with E-state index in [0.29, 0.717) is 0 Å². The van der Waals surface area contributed by atoms with Crippen LogP contribution < -0.4 is 0 Å². The molecule has 1 aliphatic carbocycles. The van der Waals surface area contributed by atoms with E-state index in [9.17, 15) is 0 Å². The molecule has 3 aromatic carbocycles. The predicted octanol–water partition coefficient (Wildman–Crippen LogP) is 6.84. The second kappa shape index (κ2) is 4.22. The smallest absolute Gasteiger partial charge is 0.0430 e. The third kappa shape index (κ3) is 1.50. The fourth-order valence-corrected chi connectivity index (χ4v) is 6.31. The van der Waals surface area contributed by atoms with Crippen LogP contribution in [0.3, 0.4) is 0 Å². The Morgan fingerprint density at radius 3 is 2.65 bits per heavy atom. The number of hydrogen-bond acceptors (Lipinski definition) is 2. The monoisotopic (exact) mass is 328 g/mol. The maximum Gasteiger partial charge on any atom is 0.0430 e. The lowest BCUT2D eigenvalue weighted by atomic mass is 9.89. The van der Waals surface area contributed by atoms with Crippen molar-refractivity contribution in [3.8, 4) is 10.4 Å². The molecule has 2 heterocycles. The number of rotatable bonds is 0. The van der Waals surface area contributed by atoms with Crippen LogP contribution >= 0.6 is 22.7 Å². The van der Waals surface area contributed by atoms with Gasteiger partial charge in [0.1, 0.15) is 0 Å². The molecule has 0 amide bonds. The van der Waals surface area contributed by atoms with E-state index in [0.717, 1.165) is 6.42 Å². The summed E-state index contributed by atoms with van der Waals surface area (Å²) in [6.45, 7) is 0. The number of fused-ring (bicyclic) bond motifs is 6. The molecule has 23 heavy (non-hydrogen) atoms. The molecule has 5 aromatic rings. The molecular formula is C21H12S2. The Morgan fingerprint density at radius 2 is 1.70 bits per heavy atom. The van der Waals surface area contributed by atoms with Gasteiger partial charge in [0.25, 0.3) is 0 Å². The fourth-order valence-electron chi connectivity index (χ4n) is 3.94. The largest absolute Gasteiger partial charge is 0.143 e. The van der Waals surface area contributed by atoms with Crippen molar-refractivity contribution in [3.63, 3.8) is 0 Å². The highest BCUT2D eigenvalue weighted by molar-refractivity contribution is 7.23. The zero-order chi connectivity index (χ0) is 15.0. The van der Waals surface area contributed by atoms with Gasteiger partial charge in [-0.15, -0.1) is 22.7 Å². The molecule has 0 atom stereocenters. The van der Waals surface area contributed by atoms with E-state index in [-0.39, 0.29) is 0 Å². The standard InChI is InChI=1S/C21H12S2/c1-2-6-14-12(5-1)9-17-19-13(11-22-21(14)19)10-16-15-7-3-4-8-18(15)23-20(16)17/h1-9,11H,10H2. The van der Waals surface area contributed by atoms with Crippen LogP contribution in [0.4, 0.5) is 0 Å². The summed E-state index contributed by atoms with van der Waals surface area (Å²) in [5.74, 6) is 0. The van der Waals surface area contributed by atoms with E-state index < -0.39 is 0 Å². The SMILES string of the molecule is c1ccc2c(c1)cc1c3c(csc32)Cc2c-1sc1ccccc21. The second-order valence-electron chi connectivity index (χ2n) is 6.19. The molecule has 2 aromatic heterocycles. The van der Waals surface area contributed by atoms with Crippen molar-refractivity contribution in [2.75, 3.05) is 0 Å². The first-order valence-electron chi connectivity index (χ1n) is 7.83.